The largest absolute Gasteiger partial charge is 0.496 e. The third-order valence-corrected chi connectivity index (χ3v) is 4.30. The van der Waals surface area contributed by atoms with E-state index in [1.54, 1.807) is 36.6 Å². The number of thiophene rings is 1. The Balaban J connectivity index is 2.02. The predicted octanol–water partition coefficient (Wildman–Crippen LogP) is 3.82. The zero-order chi connectivity index (χ0) is 14.1. The Morgan fingerprint density at radius 3 is 2.85 bits per heavy atom. The summed E-state index contributed by atoms with van der Waals surface area (Å²) in [4.78, 5) is 5.33. The van der Waals surface area contributed by atoms with E-state index in [1.165, 1.54) is 0 Å². The highest BCUT2D eigenvalue weighted by Crippen LogP contribution is 2.34. The first-order valence-corrected chi connectivity index (χ1v) is 7.31. The van der Waals surface area contributed by atoms with Crippen LogP contribution in [-0.4, -0.2) is 17.3 Å². The lowest BCUT2D eigenvalue weighted by Gasteiger charge is -2.05. The molecular formula is C13H10BrN3O2S. The molecule has 7 heteroatoms. The molecule has 0 aliphatic heterocycles. The van der Waals surface area contributed by atoms with Gasteiger partial charge in [0.25, 0.3) is 5.89 Å². The maximum atomic E-state index is 5.73. The van der Waals surface area contributed by atoms with Crippen LogP contribution in [0.25, 0.3) is 22.2 Å². The third-order valence-electron chi connectivity index (χ3n) is 2.68. The zero-order valence-corrected chi connectivity index (χ0v) is 12.9. The Hall–Kier alpha value is -1.86. The van der Waals surface area contributed by atoms with Crippen molar-refractivity contribution in [2.24, 2.45) is 0 Å². The van der Waals surface area contributed by atoms with E-state index in [0.717, 1.165) is 14.2 Å². The van der Waals surface area contributed by atoms with Gasteiger partial charge in [-0.3, -0.25) is 0 Å². The lowest BCUT2D eigenvalue weighted by atomic mass is 10.2. The van der Waals surface area contributed by atoms with E-state index in [4.69, 9.17) is 15.0 Å². The predicted molar refractivity (Wildman–Crippen MR) is 81.7 cm³/mol. The van der Waals surface area contributed by atoms with Gasteiger partial charge < -0.3 is 15.0 Å². The van der Waals surface area contributed by atoms with Gasteiger partial charge in [0.05, 0.1) is 21.3 Å². The molecule has 3 rings (SSSR count). The van der Waals surface area contributed by atoms with Crippen LogP contribution < -0.4 is 10.5 Å². The molecule has 0 atom stereocenters. The molecule has 0 radical (unpaired) electrons. The number of nitrogen functional groups attached to an aromatic ring is 1. The molecule has 0 aliphatic rings. The minimum atomic E-state index is 0.404. The van der Waals surface area contributed by atoms with Crippen LogP contribution >= 0.6 is 27.3 Å². The zero-order valence-electron chi connectivity index (χ0n) is 10.5. The minimum absolute atomic E-state index is 0.404. The van der Waals surface area contributed by atoms with Gasteiger partial charge >= 0.3 is 0 Å². The number of halogens is 1. The molecule has 0 amide bonds. The number of hydrogen-bond acceptors (Lipinski definition) is 6. The first-order valence-electron chi connectivity index (χ1n) is 5.70. The van der Waals surface area contributed by atoms with Crippen molar-refractivity contribution in [3.63, 3.8) is 0 Å². The molecule has 2 aromatic heterocycles. The highest BCUT2D eigenvalue weighted by Gasteiger charge is 2.15. The SMILES string of the molecule is COc1cc(N)ccc1-c1nc(-c2ccc(Br)s2)no1. The summed E-state index contributed by atoms with van der Waals surface area (Å²) >= 11 is 4.95. The number of benzene rings is 1. The van der Waals surface area contributed by atoms with Gasteiger partial charge in [-0.15, -0.1) is 11.3 Å². The summed E-state index contributed by atoms with van der Waals surface area (Å²) < 4.78 is 11.6. The number of aromatic nitrogens is 2. The van der Waals surface area contributed by atoms with E-state index in [1.807, 2.05) is 12.1 Å². The van der Waals surface area contributed by atoms with Crippen LogP contribution in [0.1, 0.15) is 0 Å². The van der Waals surface area contributed by atoms with Crippen LogP contribution in [0.2, 0.25) is 0 Å². The van der Waals surface area contributed by atoms with E-state index in [0.29, 0.717) is 23.2 Å². The summed E-state index contributed by atoms with van der Waals surface area (Å²) in [7, 11) is 1.58. The molecule has 3 aromatic rings. The Bertz CT molecular complexity index is 754. The Kier molecular flexibility index (Phi) is 3.45. The van der Waals surface area contributed by atoms with Crippen LogP contribution in [0, 0.1) is 0 Å². The summed E-state index contributed by atoms with van der Waals surface area (Å²) in [5.74, 6) is 1.56. The first-order chi connectivity index (χ1) is 9.67. The van der Waals surface area contributed by atoms with E-state index in [9.17, 15) is 0 Å². The average Bonchev–Trinajstić information content (AvgIpc) is 3.07. The maximum absolute atomic E-state index is 5.73. The average molecular weight is 352 g/mol. The molecule has 102 valence electrons. The van der Waals surface area contributed by atoms with Gasteiger partial charge in [-0.25, -0.2) is 0 Å². The summed E-state index contributed by atoms with van der Waals surface area (Å²) in [6.45, 7) is 0. The minimum Gasteiger partial charge on any atom is -0.496 e. The summed E-state index contributed by atoms with van der Waals surface area (Å²) in [6.07, 6.45) is 0. The number of rotatable bonds is 3. The van der Waals surface area contributed by atoms with Crippen LogP contribution in [0.15, 0.2) is 38.6 Å². The Labute approximate surface area is 127 Å². The second-order valence-corrected chi connectivity index (χ2v) is 6.45. The van der Waals surface area contributed by atoms with Crippen molar-refractivity contribution in [1.82, 2.24) is 10.1 Å². The molecule has 0 fully saturated rings. The number of hydrogen-bond donors (Lipinski definition) is 1. The summed E-state index contributed by atoms with van der Waals surface area (Å²) in [5, 5.41) is 3.99. The van der Waals surface area contributed by atoms with Crippen molar-refractivity contribution >= 4 is 33.0 Å². The van der Waals surface area contributed by atoms with Crippen LogP contribution in [-0.2, 0) is 0 Å². The smallest absolute Gasteiger partial charge is 0.262 e. The highest BCUT2D eigenvalue weighted by molar-refractivity contribution is 9.11. The van der Waals surface area contributed by atoms with Crippen molar-refractivity contribution in [2.45, 2.75) is 0 Å². The van der Waals surface area contributed by atoms with Gasteiger partial charge in [-0.05, 0) is 40.2 Å². The van der Waals surface area contributed by atoms with Gasteiger partial charge in [-0.1, -0.05) is 5.16 Å². The van der Waals surface area contributed by atoms with Crippen molar-refractivity contribution in [3.05, 3.63) is 34.1 Å². The van der Waals surface area contributed by atoms with Crippen LogP contribution in [0.4, 0.5) is 5.69 Å². The van der Waals surface area contributed by atoms with Gasteiger partial charge in [0.1, 0.15) is 5.75 Å². The molecule has 0 spiro atoms. The molecule has 0 saturated heterocycles. The fourth-order valence-electron chi connectivity index (χ4n) is 1.75. The number of nitrogens with zero attached hydrogens (tertiary/aromatic N) is 2. The molecule has 1 aromatic carbocycles. The normalized spacial score (nSPS) is 10.7. The quantitative estimate of drug-likeness (QED) is 0.726. The molecule has 0 saturated carbocycles. The molecule has 0 aliphatic carbocycles. The highest BCUT2D eigenvalue weighted by atomic mass is 79.9. The van der Waals surface area contributed by atoms with Gasteiger partial charge in [0, 0.05) is 11.8 Å². The summed E-state index contributed by atoms with van der Waals surface area (Å²) in [5.41, 5.74) is 7.07. The monoisotopic (exact) mass is 351 g/mol. The van der Waals surface area contributed by atoms with Crippen LogP contribution in [0.5, 0.6) is 5.75 Å². The molecule has 2 heterocycles. The Morgan fingerprint density at radius 1 is 1.30 bits per heavy atom. The topological polar surface area (TPSA) is 74.2 Å². The fraction of sp³-hybridized carbons (Fsp3) is 0.0769. The molecule has 20 heavy (non-hydrogen) atoms. The van der Waals surface area contributed by atoms with Gasteiger partial charge in [-0.2, -0.15) is 4.98 Å². The Morgan fingerprint density at radius 2 is 2.15 bits per heavy atom. The van der Waals surface area contributed by atoms with Crippen molar-refractivity contribution in [1.29, 1.82) is 0 Å². The van der Waals surface area contributed by atoms with E-state index >= 15 is 0 Å². The van der Waals surface area contributed by atoms with Crippen LogP contribution in [0.3, 0.4) is 0 Å². The summed E-state index contributed by atoms with van der Waals surface area (Å²) in [6, 6.07) is 9.17. The van der Waals surface area contributed by atoms with E-state index in [2.05, 4.69) is 26.1 Å². The second-order valence-electron chi connectivity index (χ2n) is 3.99. The fourth-order valence-corrected chi connectivity index (χ4v) is 3.06. The molecule has 5 nitrogen and oxygen atoms in total. The first kappa shape index (κ1) is 13.1. The molecule has 2 N–H and O–H groups in total. The number of ether oxygens (including phenoxy) is 1. The second kappa shape index (κ2) is 5.26. The maximum Gasteiger partial charge on any atom is 0.262 e. The van der Waals surface area contributed by atoms with E-state index in [-0.39, 0.29) is 0 Å². The molecule has 0 unspecified atom stereocenters. The lowest BCUT2D eigenvalue weighted by Crippen LogP contribution is -1.91. The van der Waals surface area contributed by atoms with Gasteiger partial charge in [0.2, 0.25) is 5.82 Å². The van der Waals surface area contributed by atoms with Crippen molar-refractivity contribution in [2.75, 3.05) is 12.8 Å². The third kappa shape index (κ3) is 2.41. The number of methoxy groups -OCH3 is 1. The van der Waals surface area contributed by atoms with Gasteiger partial charge in [0.15, 0.2) is 0 Å². The number of anilines is 1. The van der Waals surface area contributed by atoms with Crippen molar-refractivity contribution in [3.8, 4) is 27.9 Å². The standard InChI is InChI=1S/C13H10BrN3O2S/c1-18-9-6-7(15)2-3-8(9)13-16-12(17-19-13)10-4-5-11(14)20-10/h2-6H,15H2,1H3. The molecular weight excluding hydrogens is 342 g/mol. The molecule has 0 bridgehead atoms. The lowest BCUT2D eigenvalue weighted by molar-refractivity contribution is 0.406. The van der Waals surface area contributed by atoms with Crippen molar-refractivity contribution < 1.29 is 9.26 Å². The van der Waals surface area contributed by atoms with E-state index < -0.39 is 0 Å². The number of nitrogens with two attached hydrogens (primary N) is 1.